The van der Waals surface area contributed by atoms with Gasteiger partial charge >= 0.3 is 0 Å². The van der Waals surface area contributed by atoms with Crippen LogP contribution in [0.1, 0.15) is 19.3 Å². The van der Waals surface area contributed by atoms with Gasteiger partial charge in [0.05, 0.1) is 20.1 Å². The van der Waals surface area contributed by atoms with E-state index in [4.69, 9.17) is 0 Å². The molecule has 0 saturated carbocycles. The summed E-state index contributed by atoms with van der Waals surface area (Å²) in [6.07, 6.45) is 3.68. The molecule has 0 N–H and O–H groups in total. The van der Waals surface area contributed by atoms with E-state index in [0.717, 1.165) is 22.5 Å². The summed E-state index contributed by atoms with van der Waals surface area (Å²) in [6, 6.07) is 10.1. The molecule has 0 aliphatic carbocycles. The maximum Gasteiger partial charge on any atom is 0.285 e. The van der Waals surface area contributed by atoms with Gasteiger partial charge in [0, 0.05) is 19.2 Å². The molecule has 102 valence electrons. The molecule has 2 bridgehead atoms. The average molecular weight is 259 g/mol. The van der Waals surface area contributed by atoms with E-state index < -0.39 is 0 Å². The highest BCUT2D eigenvalue weighted by Gasteiger charge is 2.48. The fourth-order valence-corrected chi connectivity index (χ4v) is 3.70. The van der Waals surface area contributed by atoms with Crippen molar-refractivity contribution < 1.29 is 9.28 Å². The normalized spacial score (nSPS) is 33.2. The standard InChI is InChI=1S/C16H23N2O/c1-17(14-6-4-3-5-7-14)16(19)15-12-13-8-10-18(15,2)11-9-13/h3-7,13,15H,8-12H2,1-2H3/q+1. The number of fused-ring (bicyclic) bond motifs is 3. The first-order valence-corrected chi connectivity index (χ1v) is 7.27. The first-order chi connectivity index (χ1) is 9.10. The van der Waals surface area contributed by atoms with Crippen molar-refractivity contribution in [3.63, 3.8) is 0 Å². The number of likely N-dealkylation sites (N-methyl/N-ethyl adjacent to an activating group) is 2. The van der Waals surface area contributed by atoms with E-state index >= 15 is 0 Å². The average Bonchev–Trinajstić information content (AvgIpc) is 2.47. The van der Waals surface area contributed by atoms with Crippen LogP contribution in [0.5, 0.6) is 0 Å². The second-order valence-electron chi connectivity index (χ2n) is 6.35. The Morgan fingerprint density at radius 2 is 1.84 bits per heavy atom. The fourth-order valence-electron chi connectivity index (χ4n) is 3.70. The minimum Gasteiger partial charge on any atom is -0.316 e. The molecule has 3 heteroatoms. The number of para-hydroxylation sites is 1. The van der Waals surface area contributed by atoms with Gasteiger partial charge in [-0.25, -0.2) is 0 Å². The van der Waals surface area contributed by atoms with E-state index in [1.54, 1.807) is 0 Å². The lowest BCUT2D eigenvalue weighted by Crippen LogP contribution is -2.66. The second kappa shape index (κ2) is 4.64. The first kappa shape index (κ1) is 12.7. The quantitative estimate of drug-likeness (QED) is 0.746. The topological polar surface area (TPSA) is 20.3 Å². The highest BCUT2D eigenvalue weighted by molar-refractivity contribution is 5.96. The predicted molar refractivity (Wildman–Crippen MR) is 76.9 cm³/mol. The summed E-state index contributed by atoms with van der Waals surface area (Å²) in [6.45, 7) is 2.34. The molecule has 19 heavy (non-hydrogen) atoms. The molecule has 0 aromatic heterocycles. The van der Waals surface area contributed by atoms with Crippen LogP contribution < -0.4 is 4.90 Å². The van der Waals surface area contributed by atoms with Crippen LogP contribution in [-0.2, 0) is 4.79 Å². The molecule has 3 fully saturated rings. The van der Waals surface area contributed by atoms with Crippen molar-refractivity contribution in [3.05, 3.63) is 30.3 Å². The maximum atomic E-state index is 12.8. The Hall–Kier alpha value is -1.35. The van der Waals surface area contributed by atoms with Crippen molar-refractivity contribution in [1.82, 2.24) is 0 Å². The van der Waals surface area contributed by atoms with Crippen LogP contribution in [0.3, 0.4) is 0 Å². The van der Waals surface area contributed by atoms with E-state index in [-0.39, 0.29) is 11.9 Å². The van der Waals surface area contributed by atoms with Crippen molar-refractivity contribution in [1.29, 1.82) is 0 Å². The van der Waals surface area contributed by atoms with Crippen LogP contribution in [0.25, 0.3) is 0 Å². The van der Waals surface area contributed by atoms with Crippen molar-refractivity contribution >= 4 is 11.6 Å². The smallest absolute Gasteiger partial charge is 0.285 e. The van der Waals surface area contributed by atoms with E-state index in [2.05, 4.69) is 7.05 Å². The summed E-state index contributed by atoms with van der Waals surface area (Å²) >= 11 is 0. The number of benzene rings is 1. The molecule has 1 aromatic carbocycles. The van der Waals surface area contributed by atoms with Crippen molar-refractivity contribution in [2.24, 2.45) is 5.92 Å². The third-order valence-electron chi connectivity index (χ3n) is 5.16. The molecule has 3 heterocycles. The van der Waals surface area contributed by atoms with Crippen LogP contribution in [0, 0.1) is 5.92 Å². The van der Waals surface area contributed by atoms with Crippen molar-refractivity contribution in [3.8, 4) is 0 Å². The lowest BCUT2D eigenvalue weighted by Gasteiger charge is -2.51. The molecular formula is C16H23N2O+. The Labute approximate surface area is 115 Å². The Bertz CT molecular complexity index is 463. The predicted octanol–water partition coefficient (Wildman–Crippen LogP) is 2.28. The van der Waals surface area contributed by atoms with Gasteiger partial charge in [0.15, 0.2) is 6.04 Å². The van der Waals surface area contributed by atoms with Crippen LogP contribution in [0.4, 0.5) is 5.69 Å². The monoisotopic (exact) mass is 259 g/mol. The minimum atomic E-state index is 0.165. The molecule has 3 aliphatic heterocycles. The third-order valence-corrected chi connectivity index (χ3v) is 5.16. The molecule has 3 nitrogen and oxygen atoms in total. The number of quaternary nitrogens is 1. The number of hydrogen-bond donors (Lipinski definition) is 0. The Kier molecular flexibility index (Phi) is 3.09. The van der Waals surface area contributed by atoms with E-state index in [0.29, 0.717) is 0 Å². The molecule has 3 saturated heterocycles. The Balaban J connectivity index is 1.81. The van der Waals surface area contributed by atoms with E-state index in [9.17, 15) is 4.79 Å². The lowest BCUT2D eigenvalue weighted by atomic mass is 9.80. The van der Waals surface area contributed by atoms with E-state index in [1.807, 2.05) is 42.3 Å². The van der Waals surface area contributed by atoms with Gasteiger partial charge < -0.3 is 9.38 Å². The third kappa shape index (κ3) is 2.16. The van der Waals surface area contributed by atoms with Gasteiger partial charge in [-0.05, 0) is 30.9 Å². The van der Waals surface area contributed by atoms with Gasteiger partial charge in [-0.2, -0.15) is 0 Å². The number of carbonyl (C=O) groups is 1. The van der Waals surface area contributed by atoms with Crippen LogP contribution in [-0.4, -0.2) is 43.6 Å². The summed E-state index contributed by atoms with van der Waals surface area (Å²) in [5.74, 6) is 1.07. The largest absolute Gasteiger partial charge is 0.316 e. The van der Waals surface area contributed by atoms with Crippen LogP contribution in [0.15, 0.2) is 30.3 Å². The fraction of sp³-hybridized carbons (Fsp3) is 0.562. The summed E-state index contributed by atoms with van der Waals surface area (Å²) in [5, 5.41) is 0. The number of amides is 1. The van der Waals surface area contributed by atoms with Gasteiger partial charge in [-0.3, -0.25) is 4.79 Å². The second-order valence-corrected chi connectivity index (χ2v) is 6.35. The molecular weight excluding hydrogens is 236 g/mol. The first-order valence-electron chi connectivity index (χ1n) is 7.27. The molecule has 1 aromatic rings. The van der Waals surface area contributed by atoms with Crippen LogP contribution >= 0.6 is 0 Å². The zero-order chi connectivity index (χ0) is 13.5. The molecule has 3 aliphatic rings. The number of nitrogens with zero attached hydrogens (tertiary/aromatic N) is 2. The Morgan fingerprint density at radius 1 is 1.21 bits per heavy atom. The van der Waals surface area contributed by atoms with Crippen molar-refractivity contribution in [2.45, 2.75) is 25.3 Å². The van der Waals surface area contributed by atoms with Gasteiger partial charge in [0.25, 0.3) is 5.91 Å². The maximum absolute atomic E-state index is 12.8. The van der Waals surface area contributed by atoms with Gasteiger partial charge in [0.2, 0.25) is 0 Å². The molecule has 0 radical (unpaired) electrons. The van der Waals surface area contributed by atoms with Gasteiger partial charge in [0.1, 0.15) is 0 Å². The zero-order valence-electron chi connectivity index (χ0n) is 11.9. The van der Waals surface area contributed by atoms with E-state index in [1.165, 1.54) is 25.9 Å². The minimum absolute atomic E-state index is 0.165. The van der Waals surface area contributed by atoms with Gasteiger partial charge in [-0.15, -0.1) is 0 Å². The molecule has 4 rings (SSSR count). The molecule has 0 spiro atoms. The number of hydrogen-bond acceptors (Lipinski definition) is 1. The van der Waals surface area contributed by atoms with Gasteiger partial charge in [-0.1, -0.05) is 18.2 Å². The summed E-state index contributed by atoms with van der Waals surface area (Å²) in [5.41, 5.74) is 1.00. The number of anilines is 1. The SMILES string of the molecule is CN(C(=O)C1CC2CC[N+]1(C)CC2)c1ccccc1. The lowest BCUT2D eigenvalue weighted by molar-refractivity contribution is -0.939. The molecule has 1 atom stereocenters. The Morgan fingerprint density at radius 3 is 2.42 bits per heavy atom. The van der Waals surface area contributed by atoms with Crippen LogP contribution in [0.2, 0.25) is 0 Å². The molecule has 1 amide bonds. The highest BCUT2D eigenvalue weighted by Crippen LogP contribution is 2.37. The molecule has 1 unspecified atom stereocenters. The highest BCUT2D eigenvalue weighted by atomic mass is 16.2. The summed E-state index contributed by atoms with van der Waals surface area (Å²) in [7, 11) is 4.17. The van der Waals surface area contributed by atoms with Crippen molar-refractivity contribution in [2.75, 3.05) is 32.1 Å². The summed E-state index contributed by atoms with van der Waals surface area (Å²) in [4.78, 5) is 14.6. The number of rotatable bonds is 2. The zero-order valence-corrected chi connectivity index (χ0v) is 11.9. The number of carbonyl (C=O) groups excluding carboxylic acids is 1. The number of piperidine rings is 3. The summed E-state index contributed by atoms with van der Waals surface area (Å²) < 4.78 is 0.951.